The zero-order valence-electron chi connectivity index (χ0n) is 16.7. The highest BCUT2D eigenvalue weighted by molar-refractivity contribution is 7.11. The molecule has 1 aliphatic carbocycles. The van der Waals surface area contributed by atoms with Gasteiger partial charge in [-0.2, -0.15) is 5.10 Å². The topological polar surface area (TPSA) is 47.1 Å². The van der Waals surface area contributed by atoms with Crippen LogP contribution in [-0.4, -0.2) is 38.6 Å². The summed E-state index contributed by atoms with van der Waals surface area (Å²) in [7, 11) is 0.310. The van der Waals surface area contributed by atoms with Crippen molar-refractivity contribution in [1.82, 2.24) is 10.2 Å². The quantitative estimate of drug-likeness (QED) is 0.288. The van der Waals surface area contributed by atoms with E-state index in [1.54, 1.807) is 18.4 Å². The minimum Gasteiger partial charge on any atom is -0.491 e. The van der Waals surface area contributed by atoms with Gasteiger partial charge in [-0.3, -0.25) is 5.10 Å². The number of thiophene rings is 1. The Morgan fingerprint density at radius 3 is 2.86 bits per heavy atom. The van der Waals surface area contributed by atoms with Crippen LogP contribution in [0.1, 0.15) is 16.0 Å². The largest absolute Gasteiger partial charge is 0.491 e. The molecular formula is C22H24N2O2SSi. The Labute approximate surface area is 170 Å². The summed E-state index contributed by atoms with van der Waals surface area (Å²) in [5, 5.41) is 10.0. The molecule has 4 nitrogen and oxygen atoms in total. The van der Waals surface area contributed by atoms with Gasteiger partial charge in [0.05, 0.1) is 22.9 Å². The molecule has 0 fully saturated rings. The maximum Gasteiger partial charge on any atom is 0.129 e. The second-order valence-corrected chi connectivity index (χ2v) is 13.6. The number of aromatic amines is 1. The van der Waals surface area contributed by atoms with Crippen molar-refractivity contribution in [1.29, 1.82) is 0 Å². The molecule has 1 N–H and O–H groups in total. The van der Waals surface area contributed by atoms with Gasteiger partial charge in [0.2, 0.25) is 0 Å². The molecule has 144 valence electrons. The van der Waals surface area contributed by atoms with Crippen LogP contribution in [0.4, 0.5) is 0 Å². The van der Waals surface area contributed by atoms with Crippen molar-refractivity contribution < 1.29 is 9.47 Å². The molecule has 0 saturated carbocycles. The van der Waals surface area contributed by atoms with Gasteiger partial charge in [-0.25, -0.2) is 0 Å². The summed E-state index contributed by atoms with van der Waals surface area (Å²) < 4.78 is 10.8. The standard InChI is InChI=1S/C22H24N2O2SSi/c1-25-8-9-26-17-5-6-19-15(11-17)13-20-21(23-24-22(19)20)16-12-18(27-14-16)7-10-28(2,3)4/h5-6,11-12,14H,8-9,13H2,1-4H3,(H,23,24). The third-order valence-corrected chi connectivity index (χ3v) is 6.29. The number of rotatable bonds is 5. The van der Waals surface area contributed by atoms with Crippen molar-refractivity contribution in [3.05, 3.63) is 45.6 Å². The second kappa shape index (κ2) is 7.59. The zero-order valence-corrected chi connectivity index (χ0v) is 18.5. The Morgan fingerprint density at radius 2 is 2.07 bits per heavy atom. The van der Waals surface area contributed by atoms with E-state index < -0.39 is 8.07 Å². The number of nitrogens with one attached hydrogen (secondary N) is 1. The van der Waals surface area contributed by atoms with Gasteiger partial charge < -0.3 is 9.47 Å². The fraction of sp³-hybridized carbons (Fsp3) is 0.318. The van der Waals surface area contributed by atoms with Crippen LogP contribution in [0.3, 0.4) is 0 Å². The number of ether oxygens (including phenoxy) is 2. The molecule has 4 rings (SSSR count). The molecule has 0 radical (unpaired) electrons. The SMILES string of the molecule is COCCOc1ccc2c(c1)Cc1c(-c3csc(C#C[Si](C)(C)C)c3)n[nH]c1-2. The van der Waals surface area contributed by atoms with Crippen molar-refractivity contribution in [3.63, 3.8) is 0 Å². The molecule has 0 saturated heterocycles. The average molecular weight is 409 g/mol. The number of hydrogen-bond acceptors (Lipinski definition) is 4. The number of methoxy groups -OCH3 is 1. The lowest BCUT2D eigenvalue weighted by molar-refractivity contribution is 0.146. The Hall–Kier alpha value is -2.33. The van der Waals surface area contributed by atoms with Crippen molar-refractivity contribution in [2.45, 2.75) is 26.1 Å². The Kier molecular flexibility index (Phi) is 5.15. The van der Waals surface area contributed by atoms with Crippen LogP contribution < -0.4 is 4.74 Å². The van der Waals surface area contributed by atoms with E-state index in [0.29, 0.717) is 13.2 Å². The van der Waals surface area contributed by atoms with Gasteiger partial charge in [0.25, 0.3) is 0 Å². The van der Waals surface area contributed by atoms with Crippen LogP contribution in [0.15, 0.2) is 29.6 Å². The number of benzene rings is 1. The third kappa shape index (κ3) is 3.92. The smallest absolute Gasteiger partial charge is 0.129 e. The third-order valence-electron chi connectivity index (χ3n) is 4.57. The summed E-state index contributed by atoms with van der Waals surface area (Å²) in [6.45, 7) is 7.94. The molecule has 0 unspecified atom stereocenters. The van der Waals surface area contributed by atoms with Crippen LogP contribution in [0, 0.1) is 11.5 Å². The molecule has 0 bridgehead atoms. The lowest BCUT2D eigenvalue weighted by atomic mass is 10.1. The van der Waals surface area contributed by atoms with Crippen LogP contribution in [0.25, 0.3) is 22.5 Å². The molecule has 1 aromatic carbocycles. The van der Waals surface area contributed by atoms with Gasteiger partial charge in [-0.15, -0.1) is 16.9 Å². The number of aromatic nitrogens is 2. The number of fused-ring (bicyclic) bond motifs is 3. The van der Waals surface area contributed by atoms with Crippen LogP contribution in [-0.2, 0) is 11.2 Å². The van der Waals surface area contributed by atoms with Crippen molar-refractivity contribution in [2.24, 2.45) is 0 Å². The first-order chi connectivity index (χ1) is 13.4. The first-order valence-corrected chi connectivity index (χ1v) is 13.8. The number of hydrogen-bond donors (Lipinski definition) is 1. The maximum absolute atomic E-state index is 5.76. The lowest BCUT2D eigenvalue weighted by Gasteiger charge is -2.07. The summed E-state index contributed by atoms with van der Waals surface area (Å²) in [6, 6.07) is 8.42. The first kappa shape index (κ1) is 19.0. The van der Waals surface area contributed by atoms with Gasteiger partial charge in [-0.1, -0.05) is 25.6 Å². The van der Waals surface area contributed by atoms with Crippen molar-refractivity contribution in [2.75, 3.05) is 20.3 Å². The molecule has 0 aliphatic heterocycles. The van der Waals surface area contributed by atoms with Crippen LogP contribution in [0.2, 0.25) is 19.6 Å². The van der Waals surface area contributed by atoms with E-state index in [9.17, 15) is 0 Å². The van der Waals surface area contributed by atoms with Gasteiger partial charge in [0, 0.05) is 35.6 Å². The van der Waals surface area contributed by atoms with Gasteiger partial charge in [-0.05, 0) is 29.8 Å². The number of H-pyrrole nitrogens is 1. The zero-order chi connectivity index (χ0) is 19.7. The minimum absolute atomic E-state index is 0.559. The first-order valence-electron chi connectivity index (χ1n) is 9.39. The van der Waals surface area contributed by atoms with Gasteiger partial charge >= 0.3 is 0 Å². The normalized spacial score (nSPS) is 12.3. The molecule has 0 spiro atoms. The molecule has 0 amide bonds. The van der Waals surface area contributed by atoms with E-state index in [-0.39, 0.29) is 0 Å². The number of nitrogens with zero attached hydrogens (tertiary/aromatic N) is 1. The predicted molar refractivity (Wildman–Crippen MR) is 118 cm³/mol. The predicted octanol–water partition coefficient (Wildman–Crippen LogP) is 4.96. The van der Waals surface area contributed by atoms with E-state index >= 15 is 0 Å². The summed E-state index contributed by atoms with van der Waals surface area (Å²) in [5.41, 5.74) is 10.5. The van der Waals surface area contributed by atoms with E-state index in [1.807, 2.05) is 6.07 Å². The molecule has 6 heteroatoms. The molecule has 0 atom stereocenters. The van der Waals surface area contributed by atoms with E-state index in [2.05, 4.69) is 64.9 Å². The van der Waals surface area contributed by atoms with Crippen LogP contribution >= 0.6 is 11.3 Å². The van der Waals surface area contributed by atoms with E-state index in [4.69, 9.17) is 9.47 Å². The Bertz CT molecular complexity index is 1070. The summed E-state index contributed by atoms with van der Waals surface area (Å²) in [5.74, 6) is 4.23. The van der Waals surface area contributed by atoms with Crippen molar-refractivity contribution in [3.8, 4) is 39.7 Å². The summed E-state index contributed by atoms with van der Waals surface area (Å²) in [4.78, 5) is 1.11. The highest BCUT2D eigenvalue weighted by atomic mass is 32.1. The molecule has 2 heterocycles. The van der Waals surface area contributed by atoms with Gasteiger partial charge in [0.15, 0.2) is 0 Å². The fourth-order valence-corrected chi connectivity index (χ4v) is 4.60. The second-order valence-electron chi connectivity index (χ2n) is 7.96. The van der Waals surface area contributed by atoms with E-state index in [0.717, 1.165) is 34.0 Å². The molecule has 2 aromatic heterocycles. The highest BCUT2D eigenvalue weighted by Gasteiger charge is 2.26. The molecule has 3 aromatic rings. The molecular weight excluding hydrogens is 384 g/mol. The highest BCUT2D eigenvalue weighted by Crippen LogP contribution is 2.42. The Morgan fingerprint density at radius 1 is 1.21 bits per heavy atom. The average Bonchev–Trinajstić information content (AvgIpc) is 3.34. The van der Waals surface area contributed by atoms with Crippen LogP contribution in [0.5, 0.6) is 5.75 Å². The monoisotopic (exact) mass is 408 g/mol. The summed E-state index contributed by atoms with van der Waals surface area (Å²) >= 11 is 1.69. The minimum atomic E-state index is -1.37. The maximum atomic E-state index is 5.76. The molecule has 28 heavy (non-hydrogen) atoms. The van der Waals surface area contributed by atoms with E-state index in [1.165, 1.54) is 16.7 Å². The summed E-state index contributed by atoms with van der Waals surface area (Å²) in [6.07, 6.45) is 0.865. The fourth-order valence-electron chi connectivity index (χ4n) is 3.26. The Balaban J connectivity index is 1.58. The van der Waals surface area contributed by atoms with Gasteiger partial charge in [0.1, 0.15) is 20.4 Å². The van der Waals surface area contributed by atoms with Crippen molar-refractivity contribution >= 4 is 19.4 Å². The molecule has 1 aliphatic rings. The lowest BCUT2D eigenvalue weighted by Crippen LogP contribution is -2.16.